The van der Waals surface area contributed by atoms with Gasteiger partial charge in [0, 0.05) is 4.88 Å². The summed E-state index contributed by atoms with van der Waals surface area (Å²) in [7, 11) is 0. The first-order valence-electron chi connectivity index (χ1n) is 5.72. The molecule has 2 aromatic rings. The molecule has 0 saturated heterocycles. The van der Waals surface area contributed by atoms with Crippen molar-refractivity contribution in [3.05, 3.63) is 47.3 Å². The van der Waals surface area contributed by atoms with Gasteiger partial charge in [0.05, 0.1) is 5.92 Å². The second kappa shape index (κ2) is 6.16. The van der Waals surface area contributed by atoms with Crippen LogP contribution in [0.1, 0.15) is 24.8 Å². The lowest BCUT2D eigenvalue weighted by atomic mass is 9.95. The van der Waals surface area contributed by atoms with Crippen LogP contribution in [0, 0.1) is 0 Å². The standard InChI is InChI=1S/C14H13BrO2S/c1-2-12(14(16)17-15)10-5-7-11(8-6-10)13-4-3-9-18-13/h3-9,12H,2H2,1H3. The molecule has 94 valence electrons. The van der Waals surface area contributed by atoms with Crippen LogP contribution in [0.3, 0.4) is 0 Å². The van der Waals surface area contributed by atoms with Crippen molar-refractivity contribution in [3.63, 3.8) is 0 Å². The van der Waals surface area contributed by atoms with E-state index in [-0.39, 0.29) is 11.9 Å². The van der Waals surface area contributed by atoms with Gasteiger partial charge in [0.25, 0.3) is 0 Å². The summed E-state index contributed by atoms with van der Waals surface area (Å²) in [5, 5.41) is 2.06. The van der Waals surface area contributed by atoms with Gasteiger partial charge in [0.15, 0.2) is 16.3 Å². The molecule has 0 aliphatic rings. The van der Waals surface area contributed by atoms with Gasteiger partial charge in [-0.1, -0.05) is 37.3 Å². The maximum Gasteiger partial charge on any atom is 0.324 e. The van der Waals surface area contributed by atoms with E-state index in [1.165, 1.54) is 10.4 Å². The summed E-state index contributed by atoms with van der Waals surface area (Å²) in [6, 6.07) is 12.2. The molecule has 1 atom stereocenters. The summed E-state index contributed by atoms with van der Waals surface area (Å²) in [5.41, 5.74) is 2.16. The van der Waals surface area contributed by atoms with Gasteiger partial charge in [-0.15, -0.1) is 11.3 Å². The molecule has 18 heavy (non-hydrogen) atoms. The number of rotatable bonds is 4. The fourth-order valence-corrected chi connectivity index (χ4v) is 2.87. The third-order valence-corrected chi connectivity index (χ3v) is 4.13. The highest BCUT2D eigenvalue weighted by molar-refractivity contribution is 9.06. The minimum atomic E-state index is -0.249. The number of benzene rings is 1. The van der Waals surface area contributed by atoms with E-state index in [1.54, 1.807) is 11.3 Å². The Morgan fingerprint density at radius 1 is 1.33 bits per heavy atom. The lowest BCUT2D eigenvalue weighted by Gasteiger charge is -2.11. The monoisotopic (exact) mass is 324 g/mol. The Kier molecular flexibility index (Phi) is 4.55. The van der Waals surface area contributed by atoms with E-state index in [2.05, 4.69) is 31.5 Å². The zero-order valence-electron chi connectivity index (χ0n) is 9.93. The van der Waals surface area contributed by atoms with Gasteiger partial charge in [-0.2, -0.15) is 0 Å². The molecule has 0 bridgehead atoms. The molecule has 0 radical (unpaired) electrons. The van der Waals surface area contributed by atoms with Crippen LogP contribution in [-0.2, 0) is 8.62 Å². The highest BCUT2D eigenvalue weighted by atomic mass is 79.9. The van der Waals surface area contributed by atoms with E-state index in [0.29, 0.717) is 0 Å². The van der Waals surface area contributed by atoms with Crippen molar-refractivity contribution < 1.29 is 8.62 Å². The Labute approximate surface area is 119 Å². The van der Waals surface area contributed by atoms with Crippen LogP contribution >= 0.6 is 27.6 Å². The summed E-state index contributed by atoms with van der Waals surface area (Å²) in [5.74, 6) is -0.455. The Morgan fingerprint density at radius 2 is 2.06 bits per heavy atom. The predicted octanol–water partition coefficient (Wildman–Crippen LogP) is 4.76. The van der Waals surface area contributed by atoms with E-state index in [1.807, 2.05) is 37.3 Å². The van der Waals surface area contributed by atoms with Crippen molar-refractivity contribution in [2.45, 2.75) is 19.3 Å². The molecular weight excluding hydrogens is 312 g/mol. The van der Waals surface area contributed by atoms with E-state index < -0.39 is 0 Å². The molecule has 1 aromatic heterocycles. The zero-order valence-corrected chi connectivity index (χ0v) is 12.3. The van der Waals surface area contributed by atoms with E-state index >= 15 is 0 Å². The van der Waals surface area contributed by atoms with Crippen LogP contribution in [0.25, 0.3) is 10.4 Å². The van der Waals surface area contributed by atoms with Crippen LogP contribution in [-0.4, -0.2) is 5.97 Å². The van der Waals surface area contributed by atoms with E-state index in [4.69, 9.17) is 0 Å². The third-order valence-electron chi connectivity index (χ3n) is 2.89. The Bertz CT molecular complexity index is 505. The molecule has 1 unspecified atom stereocenters. The van der Waals surface area contributed by atoms with Crippen molar-refractivity contribution in [3.8, 4) is 10.4 Å². The number of halogens is 1. The maximum atomic E-state index is 11.6. The van der Waals surface area contributed by atoms with Crippen molar-refractivity contribution in [2.24, 2.45) is 0 Å². The number of carbonyl (C=O) groups is 1. The average molecular weight is 325 g/mol. The summed E-state index contributed by atoms with van der Waals surface area (Å²) in [4.78, 5) is 12.8. The molecule has 0 aliphatic heterocycles. The van der Waals surface area contributed by atoms with Gasteiger partial charge in [-0.3, -0.25) is 4.79 Å². The van der Waals surface area contributed by atoms with Crippen LogP contribution in [0.2, 0.25) is 0 Å². The molecule has 0 amide bonds. The largest absolute Gasteiger partial charge is 0.383 e. The molecule has 1 heterocycles. The minimum Gasteiger partial charge on any atom is -0.383 e. The first kappa shape index (κ1) is 13.3. The quantitative estimate of drug-likeness (QED) is 0.810. The molecule has 0 saturated carbocycles. The summed E-state index contributed by atoms with van der Waals surface area (Å²) >= 11 is 4.46. The average Bonchev–Trinajstić information content (AvgIpc) is 2.94. The Morgan fingerprint density at radius 3 is 2.56 bits per heavy atom. The molecule has 4 heteroatoms. The second-order valence-electron chi connectivity index (χ2n) is 3.96. The summed E-state index contributed by atoms with van der Waals surface area (Å²) in [6.45, 7) is 1.97. The predicted molar refractivity (Wildman–Crippen MR) is 77.8 cm³/mol. The number of carbonyl (C=O) groups excluding carboxylic acids is 1. The smallest absolute Gasteiger partial charge is 0.324 e. The molecule has 1 aromatic carbocycles. The molecule has 2 nitrogen and oxygen atoms in total. The lowest BCUT2D eigenvalue weighted by Crippen LogP contribution is -2.11. The fraction of sp³-hybridized carbons (Fsp3) is 0.214. The topological polar surface area (TPSA) is 26.3 Å². The molecule has 0 aliphatic carbocycles. The van der Waals surface area contributed by atoms with Gasteiger partial charge >= 0.3 is 5.97 Å². The maximum absolute atomic E-state index is 11.6. The highest BCUT2D eigenvalue weighted by Crippen LogP contribution is 2.28. The molecule has 2 rings (SSSR count). The van der Waals surface area contributed by atoms with E-state index in [0.717, 1.165) is 12.0 Å². The summed E-state index contributed by atoms with van der Waals surface area (Å²) in [6.07, 6.45) is 0.725. The van der Waals surface area contributed by atoms with E-state index in [9.17, 15) is 4.79 Å². The normalized spacial score (nSPS) is 12.1. The molecule has 0 N–H and O–H groups in total. The number of hydrogen-bond donors (Lipinski definition) is 0. The Balaban J connectivity index is 2.24. The zero-order chi connectivity index (χ0) is 13.0. The van der Waals surface area contributed by atoms with Gasteiger partial charge in [-0.05, 0) is 29.0 Å². The first-order chi connectivity index (χ1) is 8.76. The third kappa shape index (κ3) is 2.82. The van der Waals surface area contributed by atoms with Crippen LogP contribution in [0.4, 0.5) is 0 Å². The van der Waals surface area contributed by atoms with Crippen molar-refractivity contribution >= 4 is 33.6 Å². The van der Waals surface area contributed by atoms with Crippen LogP contribution in [0.15, 0.2) is 41.8 Å². The Hall–Kier alpha value is -1.13. The van der Waals surface area contributed by atoms with Gasteiger partial charge in [0.2, 0.25) is 0 Å². The van der Waals surface area contributed by atoms with Gasteiger partial charge in [0.1, 0.15) is 0 Å². The highest BCUT2D eigenvalue weighted by Gasteiger charge is 2.19. The lowest BCUT2D eigenvalue weighted by molar-refractivity contribution is -0.134. The first-order valence-corrected chi connectivity index (χ1v) is 7.25. The van der Waals surface area contributed by atoms with Crippen LogP contribution < -0.4 is 0 Å². The number of thiophene rings is 1. The molecule has 0 spiro atoms. The molecule has 0 fully saturated rings. The SMILES string of the molecule is CCC(C(=O)OBr)c1ccc(-c2cccs2)cc1. The van der Waals surface area contributed by atoms with Crippen molar-refractivity contribution in [2.75, 3.05) is 0 Å². The van der Waals surface area contributed by atoms with Crippen molar-refractivity contribution in [1.29, 1.82) is 0 Å². The summed E-state index contributed by atoms with van der Waals surface area (Å²) < 4.78 is 4.64. The molecular formula is C14H13BrO2S. The van der Waals surface area contributed by atoms with Gasteiger partial charge < -0.3 is 3.83 Å². The van der Waals surface area contributed by atoms with Crippen LogP contribution in [0.5, 0.6) is 0 Å². The van der Waals surface area contributed by atoms with Gasteiger partial charge in [-0.25, -0.2) is 0 Å². The van der Waals surface area contributed by atoms with Crippen molar-refractivity contribution in [1.82, 2.24) is 0 Å². The number of hydrogen-bond acceptors (Lipinski definition) is 3. The minimum absolute atomic E-state index is 0.207. The second-order valence-corrected chi connectivity index (χ2v) is 5.23. The fourth-order valence-electron chi connectivity index (χ4n) is 1.91.